The van der Waals surface area contributed by atoms with Gasteiger partial charge in [0.2, 0.25) is 0 Å². The highest BCUT2D eigenvalue weighted by atomic mass is 35.5. The summed E-state index contributed by atoms with van der Waals surface area (Å²) >= 11 is 6.30. The summed E-state index contributed by atoms with van der Waals surface area (Å²) in [5.74, 6) is 0.699. The van der Waals surface area contributed by atoms with Crippen molar-refractivity contribution in [1.82, 2.24) is 9.96 Å². The number of hydrogen-bond donors (Lipinski definition) is 1. The quantitative estimate of drug-likeness (QED) is 0.851. The summed E-state index contributed by atoms with van der Waals surface area (Å²) in [6, 6.07) is 15.3. The first-order valence-electron chi connectivity index (χ1n) is 7.89. The molecule has 1 unspecified atom stereocenters. The highest BCUT2D eigenvalue weighted by Gasteiger charge is 2.57. The molecule has 1 fully saturated rings. The molecular formula is C18H17ClN4O2. The van der Waals surface area contributed by atoms with Gasteiger partial charge in [-0.25, -0.2) is 4.79 Å². The standard InChI is InChI=1S/C18H17ClN4O2/c1-20-16-11-23-18(22(2)17(24)25-23,12-6-4-3-5-7-12)14-10-13(19)8-9-15(14)21-16/h3-10H,11H2,1-2H3,(H,20,21). The second kappa shape index (κ2) is 5.75. The van der Waals surface area contributed by atoms with Crippen LogP contribution in [0.2, 0.25) is 5.02 Å². The van der Waals surface area contributed by atoms with E-state index in [0.717, 1.165) is 16.8 Å². The highest BCUT2D eigenvalue weighted by molar-refractivity contribution is 6.30. The van der Waals surface area contributed by atoms with E-state index in [-0.39, 0.29) is 0 Å². The number of fused-ring (bicyclic) bond motifs is 3. The fraction of sp³-hybridized carbons (Fsp3) is 0.222. The Balaban J connectivity index is 2.08. The molecule has 0 spiro atoms. The van der Waals surface area contributed by atoms with Gasteiger partial charge in [-0.1, -0.05) is 47.0 Å². The van der Waals surface area contributed by atoms with E-state index in [2.05, 4.69) is 10.3 Å². The van der Waals surface area contributed by atoms with Crippen LogP contribution in [0.3, 0.4) is 0 Å². The molecule has 7 heteroatoms. The summed E-state index contributed by atoms with van der Waals surface area (Å²) < 4.78 is 0. The molecule has 0 bridgehead atoms. The van der Waals surface area contributed by atoms with Crippen molar-refractivity contribution in [2.24, 2.45) is 4.99 Å². The number of amides is 1. The van der Waals surface area contributed by atoms with Gasteiger partial charge in [0.05, 0.1) is 6.54 Å². The van der Waals surface area contributed by atoms with Crippen LogP contribution >= 0.6 is 11.6 Å². The van der Waals surface area contributed by atoms with Crippen LogP contribution in [-0.2, 0) is 10.5 Å². The minimum atomic E-state index is -0.933. The summed E-state index contributed by atoms with van der Waals surface area (Å²) in [6.07, 6.45) is -0.424. The van der Waals surface area contributed by atoms with Gasteiger partial charge in [0.1, 0.15) is 5.84 Å². The Hall–Kier alpha value is -2.57. The third kappa shape index (κ3) is 2.22. The zero-order chi connectivity index (χ0) is 17.6. The van der Waals surface area contributed by atoms with E-state index >= 15 is 0 Å². The van der Waals surface area contributed by atoms with Crippen LogP contribution in [0.4, 0.5) is 10.5 Å². The minimum absolute atomic E-state index is 0.327. The van der Waals surface area contributed by atoms with E-state index < -0.39 is 11.8 Å². The maximum atomic E-state index is 12.5. The molecule has 2 aromatic rings. The van der Waals surface area contributed by atoms with E-state index in [4.69, 9.17) is 16.4 Å². The van der Waals surface area contributed by atoms with Crippen LogP contribution in [0.5, 0.6) is 0 Å². The minimum Gasteiger partial charge on any atom is -0.347 e. The number of halogens is 1. The van der Waals surface area contributed by atoms with Gasteiger partial charge in [0, 0.05) is 35.9 Å². The number of rotatable bonds is 1. The lowest BCUT2D eigenvalue weighted by molar-refractivity contribution is -0.119. The molecule has 1 amide bonds. The molecule has 128 valence electrons. The van der Waals surface area contributed by atoms with E-state index in [1.165, 1.54) is 0 Å². The molecule has 25 heavy (non-hydrogen) atoms. The summed E-state index contributed by atoms with van der Waals surface area (Å²) in [5.41, 5.74) is 1.64. The van der Waals surface area contributed by atoms with Gasteiger partial charge >= 0.3 is 6.09 Å². The smallest absolute Gasteiger partial charge is 0.347 e. The number of carbonyl (C=O) groups is 1. The topological polar surface area (TPSA) is 57.2 Å². The fourth-order valence-electron chi connectivity index (χ4n) is 3.52. The van der Waals surface area contributed by atoms with Crippen LogP contribution in [-0.4, -0.2) is 42.5 Å². The molecule has 2 heterocycles. The Kier molecular flexibility index (Phi) is 3.67. The number of anilines is 1. The predicted octanol–water partition coefficient (Wildman–Crippen LogP) is 3.29. The number of carbonyl (C=O) groups excluding carboxylic acids is 1. The fourth-order valence-corrected chi connectivity index (χ4v) is 3.69. The van der Waals surface area contributed by atoms with Crippen molar-refractivity contribution in [3.8, 4) is 0 Å². The van der Waals surface area contributed by atoms with Gasteiger partial charge in [0.15, 0.2) is 5.66 Å². The van der Waals surface area contributed by atoms with Crippen molar-refractivity contribution in [2.75, 3.05) is 26.0 Å². The number of nitrogens with one attached hydrogen (secondary N) is 1. The van der Waals surface area contributed by atoms with Crippen molar-refractivity contribution in [3.05, 3.63) is 64.7 Å². The van der Waals surface area contributed by atoms with Gasteiger partial charge in [0.25, 0.3) is 0 Å². The Morgan fingerprint density at radius 1 is 1.24 bits per heavy atom. The molecule has 6 nitrogen and oxygen atoms in total. The molecule has 2 aliphatic rings. The number of aliphatic imine (C=N–C) groups is 1. The highest BCUT2D eigenvalue weighted by Crippen LogP contribution is 2.47. The lowest BCUT2D eigenvalue weighted by atomic mass is 9.88. The summed E-state index contributed by atoms with van der Waals surface area (Å²) in [5, 5.41) is 5.57. The molecule has 0 radical (unpaired) electrons. The van der Waals surface area contributed by atoms with Gasteiger partial charge in [-0.3, -0.25) is 9.89 Å². The number of amidine groups is 1. The van der Waals surface area contributed by atoms with Crippen molar-refractivity contribution < 1.29 is 9.63 Å². The molecule has 2 aromatic carbocycles. The maximum absolute atomic E-state index is 12.5. The number of hydrogen-bond acceptors (Lipinski definition) is 4. The van der Waals surface area contributed by atoms with Crippen molar-refractivity contribution >= 4 is 29.2 Å². The predicted molar refractivity (Wildman–Crippen MR) is 96.6 cm³/mol. The average Bonchev–Trinajstić information content (AvgIpc) is 2.79. The molecule has 1 atom stereocenters. The number of nitrogens with zero attached hydrogens (tertiary/aromatic N) is 3. The summed E-state index contributed by atoms with van der Waals surface area (Å²) in [4.78, 5) is 24.0. The molecule has 4 rings (SSSR count). The first-order chi connectivity index (χ1) is 12.1. The zero-order valence-corrected chi connectivity index (χ0v) is 14.6. The molecule has 0 aromatic heterocycles. The van der Waals surface area contributed by atoms with Crippen LogP contribution < -0.4 is 5.32 Å². The van der Waals surface area contributed by atoms with Crippen LogP contribution in [0.15, 0.2) is 53.5 Å². The maximum Gasteiger partial charge on any atom is 0.430 e. The van der Waals surface area contributed by atoms with Crippen LogP contribution in [0.25, 0.3) is 0 Å². The van der Waals surface area contributed by atoms with E-state index in [0.29, 0.717) is 17.4 Å². The normalized spacial score (nSPS) is 24.4. The molecular weight excluding hydrogens is 340 g/mol. The first kappa shape index (κ1) is 15.9. The van der Waals surface area contributed by atoms with Crippen molar-refractivity contribution in [1.29, 1.82) is 0 Å². The average molecular weight is 357 g/mol. The molecule has 0 aliphatic carbocycles. The van der Waals surface area contributed by atoms with E-state index in [1.54, 1.807) is 24.1 Å². The zero-order valence-electron chi connectivity index (χ0n) is 13.9. The van der Waals surface area contributed by atoms with E-state index in [1.807, 2.05) is 48.5 Å². The van der Waals surface area contributed by atoms with Crippen LogP contribution in [0.1, 0.15) is 11.1 Å². The molecule has 1 saturated heterocycles. The summed E-state index contributed by atoms with van der Waals surface area (Å²) in [6.45, 7) is 0.327. The van der Waals surface area contributed by atoms with Gasteiger partial charge < -0.3 is 10.2 Å². The van der Waals surface area contributed by atoms with E-state index in [9.17, 15) is 4.79 Å². The second-order valence-corrected chi connectivity index (χ2v) is 6.41. The first-order valence-corrected chi connectivity index (χ1v) is 8.27. The molecule has 1 N–H and O–H groups in total. The van der Waals surface area contributed by atoms with Gasteiger partial charge in [-0.2, -0.15) is 0 Å². The second-order valence-electron chi connectivity index (χ2n) is 5.98. The van der Waals surface area contributed by atoms with Crippen molar-refractivity contribution in [2.45, 2.75) is 5.66 Å². The number of hydroxylamine groups is 2. The monoisotopic (exact) mass is 356 g/mol. The Labute approximate surface area is 150 Å². The van der Waals surface area contributed by atoms with Gasteiger partial charge in [-0.15, -0.1) is 0 Å². The Bertz CT molecular complexity index is 871. The lowest BCUT2D eigenvalue weighted by Crippen LogP contribution is -2.50. The molecule has 0 saturated carbocycles. The SMILES string of the molecule is CN=C1CN2OC(=O)N(C)C2(c2ccccc2)c2cc(Cl)ccc2N1. The Morgan fingerprint density at radius 3 is 2.72 bits per heavy atom. The largest absolute Gasteiger partial charge is 0.430 e. The third-order valence-electron chi connectivity index (χ3n) is 4.68. The summed E-state index contributed by atoms with van der Waals surface area (Å²) in [7, 11) is 3.43. The van der Waals surface area contributed by atoms with Crippen LogP contribution in [0, 0.1) is 0 Å². The van der Waals surface area contributed by atoms with Crippen molar-refractivity contribution in [3.63, 3.8) is 0 Å². The Morgan fingerprint density at radius 2 is 2.00 bits per heavy atom. The van der Waals surface area contributed by atoms with Gasteiger partial charge in [-0.05, 0) is 18.2 Å². The third-order valence-corrected chi connectivity index (χ3v) is 4.92. The lowest BCUT2D eigenvalue weighted by Gasteiger charge is -2.38. The molecule has 2 aliphatic heterocycles. The number of benzene rings is 2.